The highest BCUT2D eigenvalue weighted by atomic mass is 16.5. The molecule has 1 amide bonds. The summed E-state index contributed by atoms with van der Waals surface area (Å²) >= 11 is 0. The Morgan fingerprint density at radius 2 is 1.73 bits per heavy atom. The third-order valence-electron chi connectivity index (χ3n) is 3.54. The van der Waals surface area contributed by atoms with E-state index in [0.29, 0.717) is 11.4 Å². The molecule has 9 nitrogen and oxygen atoms in total. The molecule has 1 heterocycles. The molecule has 0 saturated heterocycles. The van der Waals surface area contributed by atoms with Crippen LogP contribution in [0.5, 0.6) is 0 Å². The zero-order chi connectivity index (χ0) is 19.3. The summed E-state index contributed by atoms with van der Waals surface area (Å²) in [6, 6.07) is 8.87. The Morgan fingerprint density at radius 1 is 1.08 bits per heavy atom. The van der Waals surface area contributed by atoms with Gasteiger partial charge in [0.1, 0.15) is 0 Å². The van der Waals surface area contributed by atoms with E-state index in [9.17, 15) is 14.4 Å². The van der Waals surface area contributed by atoms with Crippen molar-refractivity contribution in [2.24, 2.45) is 10.2 Å². The molecule has 0 spiro atoms. The Hall–Kier alpha value is -3.49. The lowest BCUT2D eigenvalue weighted by molar-refractivity contribution is -0.133. The minimum Gasteiger partial charge on any atom is -0.465 e. The Bertz CT molecular complexity index is 938. The molecule has 2 aromatic rings. The second-order valence-corrected chi connectivity index (χ2v) is 5.21. The average molecular weight is 358 g/mol. The normalized spacial score (nSPS) is 12.0. The molecule has 1 aromatic carbocycles. The number of esters is 1. The first-order chi connectivity index (χ1) is 12.4. The molecule has 0 radical (unpaired) electrons. The highest BCUT2D eigenvalue weighted by Crippen LogP contribution is 2.22. The predicted molar refractivity (Wildman–Crippen MR) is 93.0 cm³/mol. The second-order valence-electron chi connectivity index (χ2n) is 5.21. The third-order valence-corrected chi connectivity index (χ3v) is 3.54. The van der Waals surface area contributed by atoms with Gasteiger partial charge in [0.05, 0.1) is 36.7 Å². The fourth-order valence-electron chi connectivity index (χ4n) is 2.34. The average Bonchev–Trinajstić information content (AvgIpc) is 2.95. The molecule has 0 unspecified atom stereocenters. The van der Waals surface area contributed by atoms with Gasteiger partial charge in [0, 0.05) is 5.69 Å². The number of H-pyrrole nitrogens is 1. The molecule has 26 heavy (non-hydrogen) atoms. The SMILES string of the molecule is COC(=O)N=N/C(C)=C(\C(=O)OC)c1c(C)[nH]n(-c2ccccc2)c1=O. The van der Waals surface area contributed by atoms with E-state index >= 15 is 0 Å². The van der Waals surface area contributed by atoms with Crippen LogP contribution in [-0.4, -0.2) is 36.1 Å². The number of benzene rings is 1. The van der Waals surface area contributed by atoms with Gasteiger partial charge in [-0.3, -0.25) is 9.89 Å². The molecule has 1 aromatic heterocycles. The van der Waals surface area contributed by atoms with Crippen molar-refractivity contribution in [1.82, 2.24) is 9.78 Å². The number of aromatic amines is 1. The number of aromatic nitrogens is 2. The Kier molecular flexibility index (Phi) is 5.84. The summed E-state index contributed by atoms with van der Waals surface area (Å²) in [7, 11) is 2.33. The largest absolute Gasteiger partial charge is 0.465 e. The first-order valence-electron chi connectivity index (χ1n) is 7.57. The smallest absolute Gasteiger partial charge is 0.452 e. The van der Waals surface area contributed by atoms with Gasteiger partial charge >= 0.3 is 12.1 Å². The molecule has 0 atom stereocenters. The van der Waals surface area contributed by atoms with Gasteiger partial charge in [0.2, 0.25) is 0 Å². The number of methoxy groups -OCH3 is 2. The van der Waals surface area contributed by atoms with Crippen molar-refractivity contribution in [1.29, 1.82) is 0 Å². The minimum absolute atomic E-state index is 0.0432. The van der Waals surface area contributed by atoms with Crippen LogP contribution in [0.15, 0.2) is 51.1 Å². The van der Waals surface area contributed by atoms with Gasteiger partial charge in [-0.15, -0.1) is 5.11 Å². The number of ether oxygens (including phenoxy) is 2. The number of carbonyl (C=O) groups is 2. The van der Waals surface area contributed by atoms with Crippen molar-refractivity contribution < 1.29 is 19.1 Å². The van der Waals surface area contributed by atoms with E-state index in [4.69, 9.17) is 4.74 Å². The molecule has 136 valence electrons. The number of nitrogens with zero attached hydrogens (tertiary/aromatic N) is 3. The van der Waals surface area contributed by atoms with Crippen molar-refractivity contribution in [3.05, 3.63) is 57.6 Å². The van der Waals surface area contributed by atoms with Gasteiger partial charge < -0.3 is 9.47 Å². The lowest BCUT2D eigenvalue weighted by Gasteiger charge is -2.05. The van der Waals surface area contributed by atoms with E-state index in [1.165, 1.54) is 18.7 Å². The number of carbonyl (C=O) groups excluding carboxylic acids is 2. The van der Waals surface area contributed by atoms with Gasteiger partial charge in [-0.05, 0) is 26.0 Å². The molecule has 1 N–H and O–H groups in total. The van der Waals surface area contributed by atoms with Crippen molar-refractivity contribution in [3.63, 3.8) is 0 Å². The molecule has 0 aliphatic heterocycles. The molecule has 2 rings (SSSR count). The molecule has 0 aliphatic carbocycles. The monoisotopic (exact) mass is 358 g/mol. The van der Waals surface area contributed by atoms with Crippen LogP contribution >= 0.6 is 0 Å². The fourth-order valence-corrected chi connectivity index (χ4v) is 2.34. The van der Waals surface area contributed by atoms with E-state index in [0.717, 1.165) is 7.11 Å². The van der Waals surface area contributed by atoms with Crippen LogP contribution in [0.2, 0.25) is 0 Å². The van der Waals surface area contributed by atoms with Crippen LogP contribution < -0.4 is 5.56 Å². The van der Waals surface area contributed by atoms with Crippen LogP contribution in [0.4, 0.5) is 4.79 Å². The molecule has 0 saturated carbocycles. The molecular formula is C17H18N4O5. The van der Waals surface area contributed by atoms with Crippen LogP contribution in [0.25, 0.3) is 11.3 Å². The molecular weight excluding hydrogens is 340 g/mol. The zero-order valence-electron chi connectivity index (χ0n) is 14.8. The highest BCUT2D eigenvalue weighted by molar-refractivity contribution is 6.17. The van der Waals surface area contributed by atoms with Gasteiger partial charge in [0.15, 0.2) is 0 Å². The van der Waals surface area contributed by atoms with Crippen LogP contribution in [0.3, 0.4) is 0 Å². The van der Waals surface area contributed by atoms with Crippen LogP contribution in [-0.2, 0) is 14.3 Å². The number of para-hydroxylation sites is 1. The van der Waals surface area contributed by atoms with E-state index in [-0.39, 0.29) is 16.8 Å². The number of amides is 1. The number of hydrogen-bond acceptors (Lipinski definition) is 6. The van der Waals surface area contributed by atoms with Gasteiger partial charge in [-0.2, -0.15) is 0 Å². The Balaban J connectivity index is 2.66. The van der Waals surface area contributed by atoms with Crippen molar-refractivity contribution in [2.45, 2.75) is 13.8 Å². The number of aryl methyl sites for hydroxylation is 1. The fraction of sp³-hybridized carbons (Fsp3) is 0.235. The van der Waals surface area contributed by atoms with Crippen molar-refractivity contribution in [2.75, 3.05) is 14.2 Å². The third kappa shape index (κ3) is 3.77. The summed E-state index contributed by atoms with van der Waals surface area (Å²) < 4.78 is 10.4. The maximum absolute atomic E-state index is 12.9. The summed E-state index contributed by atoms with van der Waals surface area (Å²) in [5.41, 5.74) is 0.621. The molecule has 0 fully saturated rings. The molecule has 9 heteroatoms. The second kappa shape index (κ2) is 8.06. The van der Waals surface area contributed by atoms with Gasteiger partial charge in [0.25, 0.3) is 5.56 Å². The number of azo groups is 1. The number of hydrogen-bond donors (Lipinski definition) is 1. The summed E-state index contributed by atoms with van der Waals surface area (Å²) in [4.78, 5) is 36.3. The standard InChI is InChI=1S/C17H18N4O5/c1-10(18-19-17(24)26-4)14(16(23)25-3)13-11(2)20-21(15(13)22)12-8-6-5-7-9-12/h5-9,20H,1-4H3/b14-10-,19-18?. The lowest BCUT2D eigenvalue weighted by atomic mass is 10.1. The first kappa shape index (κ1) is 18.8. The maximum atomic E-state index is 12.9. The lowest BCUT2D eigenvalue weighted by Crippen LogP contribution is -2.20. The van der Waals surface area contributed by atoms with Gasteiger partial charge in [-0.25, -0.2) is 14.3 Å². The van der Waals surface area contributed by atoms with Crippen LogP contribution in [0.1, 0.15) is 18.2 Å². The topological polar surface area (TPSA) is 115 Å². The zero-order valence-corrected chi connectivity index (χ0v) is 14.8. The minimum atomic E-state index is -0.930. The van der Waals surface area contributed by atoms with E-state index in [1.54, 1.807) is 31.2 Å². The van der Waals surface area contributed by atoms with E-state index in [1.807, 2.05) is 6.07 Å². The summed E-state index contributed by atoms with van der Waals surface area (Å²) in [5, 5.41) is 9.90. The Labute approximate surface area is 148 Å². The summed E-state index contributed by atoms with van der Waals surface area (Å²) in [6.45, 7) is 3.08. The van der Waals surface area contributed by atoms with E-state index < -0.39 is 17.6 Å². The number of rotatable bonds is 4. The van der Waals surface area contributed by atoms with Crippen LogP contribution in [0, 0.1) is 6.92 Å². The maximum Gasteiger partial charge on any atom is 0.452 e. The first-order valence-corrected chi connectivity index (χ1v) is 7.57. The van der Waals surface area contributed by atoms with Crippen molar-refractivity contribution >= 4 is 17.6 Å². The number of nitrogens with one attached hydrogen (secondary N) is 1. The summed E-state index contributed by atoms with van der Waals surface area (Å²) in [5.74, 6) is -0.772. The summed E-state index contributed by atoms with van der Waals surface area (Å²) in [6.07, 6.45) is -0.930. The van der Waals surface area contributed by atoms with Gasteiger partial charge in [-0.1, -0.05) is 23.3 Å². The highest BCUT2D eigenvalue weighted by Gasteiger charge is 2.25. The van der Waals surface area contributed by atoms with E-state index in [2.05, 4.69) is 20.1 Å². The quantitative estimate of drug-likeness (QED) is 0.512. The number of allylic oxidation sites excluding steroid dienone is 1. The Morgan fingerprint density at radius 3 is 2.31 bits per heavy atom. The van der Waals surface area contributed by atoms with Crippen molar-refractivity contribution in [3.8, 4) is 5.69 Å². The molecule has 0 bridgehead atoms. The predicted octanol–water partition coefficient (Wildman–Crippen LogP) is 2.60. The molecule has 0 aliphatic rings.